The van der Waals surface area contributed by atoms with Gasteiger partial charge in [0.2, 0.25) is 0 Å². The van der Waals surface area contributed by atoms with E-state index in [2.05, 4.69) is 14.9 Å². The summed E-state index contributed by atoms with van der Waals surface area (Å²) in [6.45, 7) is 1.59. The van der Waals surface area contributed by atoms with Gasteiger partial charge in [0.1, 0.15) is 11.5 Å². The molecule has 3 heterocycles. The number of carbonyl (C=O) groups excluding carboxylic acids is 1. The van der Waals surface area contributed by atoms with Gasteiger partial charge in [0, 0.05) is 39.6 Å². The minimum atomic E-state index is -0.949. The highest BCUT2D eigenvalue weighted by atomic mass is 16.3. The number of aliphatic hydroxyl groups is 1. The molecule has 0 unspecified atom stereocenters. The van der Waals surface area contributed by atoms with E-state index < -0.39 is 5.60 Å². The summed E-state index contributed by atoms with van der Waals surface area (Å²) in [7, 11) is 3.53. The number of hydrogen-bond acceptors (Lipinski definition) is 5. The third kappa shape index (κ3) is 3.56. The van der Waals surface area contributed by atoms with Crippen molar-refractivity contribution in [2.24, 2.45) is 7.05 Å². The molecule has 3 rings (SSSR count). The van der Waals surface area contributed by atoms with Crippen LogP contribution in [0.5, 0.6) is 0 Å². The lowest BCUT2D eigenvalue weighted by molar-refractivity contribution is -0.000265. The van der Waals surface area contributed by atoms with Crippen molar-refractivity contribution in [1.29, 1.82) is 0 Å². The number of β-amino-alcohol motifs (C(OH)–C–C–N with tert-alkyl or cyclic N) is 1. The van der Waals surface area contributed by atoms with E-state index in [4.69, 9.17) is 0 Å². The maximum Gasteiger partial charge on any atom is 0.273 e. The Kier molecular flexibility index (Phi) is 4.53. The summed E-state index contributed by atoms with van der Waals surface area (Å²) in [5.74, 6) is 0.674. The van der Waals surface area contributed by atoms with Crippen LogP contribution in [0.15, 0.2) is 36.9 Å². The molecule has 0 radical (unpaired) electrons. The van der Waals surface area contributed by atoms with Crippen LogP contribution in [0.1, 0.15) is 23.3 Å². The largest absolute Gasteiger partial charge is 0.386 e. The van der Waals surface area contributed by atoms with Crippen LogP contribution in [-0.2, 0) is 7.05 Å². The Labute approximate surface area is 141 Å². The van der Waals surface area contributed by atoms with E-state index in [1.54, 1.807) is 35.2 Å². The van der Waals surface area contributed by atoms with Crippen molar-refractivity contribution in [2.45, 2.75) is 18.4 Å². The molecule has 1 fully saturated rings. The molecule has 1 aliphatic heterocycles. The van der Waals surface area contributed by atoms with Gasteiger partial charge in [0.25, 0.3) is 5.91 Å². The second-order valence-electron chi connectivity index (χ2n) is 6.52. The minimum Gasteiger partial charge on any atom is -0.386 e. The number of anilines is 1. The number of pyridine rings is 1. The molecule has 0 saturated carbocycles. The van der Waals surface area contributed by atoms with Crippen LogP contribution in [0.2, 0.25) is 0 Å². The van der Waals surface area contributed by atoms with Crippen molar-refractivity contribution in [3.63, 3.8) is 0 Å². The molecule has 0 spiro atoms. The van der Waals surface area contributed by atoms with Crippen LogP contribution in [0.4, 0.5) is 5.82 Å². The van der Waals surface area contributed by atoms with Gasteiger partial charge in [-0.3, -0.25) is 4.79 Å². The number of aryl methyl sites for hydroxylation is 1. The molecule has 2 aromatic rings. The van der Waals surface area contributed by atoms with Gasteiger partial charge in [0.15, 0.2) is 0 Å². The van der Waals surface area contributed by atoms with Crippen LogP contribution < -0.4 is 4.90 Å². The van der Waals surface area contributed by atoms with Crippen molar-refractivity contribution in [3.05, 3.63) is 42.6 Å². The number of piperidine rings is 1. The summed E-state index contributed by atoms with van der Waals surface area (Å²) in [6.07, 6.45) is 6.55. The fraction of sp³-hybridized carbons (Fsp3) is 0.471. The van der Waals surface area contributed by atoms with Gasteiger partial charge in [-0.1, -0.05) is 6.07 Å². The van der Waals surface area contributed by atoms with Crippen molar-refractivity contribution < 1.29 is 9.90 Å². The standard InChI is InChI=1S/C17H23N5O2/c1-20-10-14(19-13-20)16(23)21(2)11-17(24)7-5-9-22(12-17)15-6-3-4-8-18-15/h3-4,6,8,10,13,24H,5,7,9,11-12H2,1-2H3/t17-/m0/s1. The highest BCUT2D eigenvalue weighted by Crippen LogP contribution is 2.25. The van der Waals surface area contributed by atoms with Crippen LogP contribution in [0.3, 0.4) is 0 Å². The Morgan fingerprint density at radius 1 is 1.42 bits per heavy atom. The van der Waals surface area contributed by atoms with E-state index >= 15 is 0 Å². The van der Waals surface area contributed by atoms with Gasteiger partial charge >= 0.3 is 0 Å². The molecule has 1 amide bonds. The van der Waals surface area contributed by atoms with Crippen molar-refractivity contribution in [3.8, 4) is 0 Å². The van der Waals surface area contributed by atoms with Gasteiger partial charge in [-0.05, 0) is 25.0 Å². The zero-order valence-electron chi connectivity index (χ0n) is 14.1. The van der Waals surface area contributed by atoms with Gasteiger partial charge < -0.3 is 19.5 Å². The van der Waals surface area contributed by atoms with E-state index in [1.807, 2.05) is 25.2 Å². The first-order valence-electron chi connectivity index (χ1n) is 8.09. The number of rotatable bonds is 4. The zero-order valence-corrected chi connectivity index (χ0v) is 14.1. The van der Waals surface area contributed by atoms with Gasteiger partial charge in [-0.25, -0.2) is 9.97 Å². The highest BCUT2D eigenvalue weighted by Gasteiger charge is 2.36. The number of amides is 1. The minimum absolute atomic E-state index is 0.181. The molecular weight excluding hydrogens is 306 g/mol. The van der Waals surface area contributed by atoms with E-state index in [1.165, 1.54) is 0 Å². The van der Waals surface area contributed by atoms with Crippen LogP contribution >= 0.6 is 0 Å². The smallest absolute Gasteiger partial charge is 0.273 e. The topological polar surface area (TPSA) is 74.5 Å². The predicted octanol–water partition coefficient (Wildman–Crippen LogP) is 0.919. The van der Waals surface area contributed by atoms with Gasteiger partial charge in [0.05, 0.1) is 18.5 Å². The average Bonchev–Trinajstić information content (AvgIpc) is 3.01. The summed E-state index contributed by atoms with van der Waals surface area (Å²) < 4.78 is 1.74. The number of imidazole rings is 1. The van der Waals surface area contributed by atoms with Crippen LogP contribution in [-0.4, -0.2) is 62.7 Å². The molecule has 128 valence electrons. The first-order chi connectivity index (χ1) is 11.5. The monoisotopic (exact) mass is 329 g/mol. The molecule has 1 saturated heterocycles. The maximum absolute atomic E-state index is 12.4. The predicted molar refractivity (Wildman–Crippen MR) is 90.8 cm³/mol. The molecule has 1 atom stereocenters. The molecule has 7 heteroatoms. The molecule has 24 heavy (non-hydrogen) atoms. The molecule has 1 N–H and O–H groups in total. The van der Waals surface area contributed by atoms with E-state index in [9.17, 15) is 9.90 Å². The van der Waals surface area contributed by atoms with E-state index in [-0.39, 0.29) is 12.5 Å². The highest BCUT2D eigenvalue weighted by molar-refractivity contribution is 5.91. The molecule has 0 bridgehead atoms. The third-order valence-corrected chi connectivity index (χ3v) is 4.33. The lowest BCUT2D eigenvalue weighted by Gasteiger charge is -2.41. The van der Waals surface area contributed by atoms with Crippen molar-refractivity contribution in [1.82, 2.24) is 19.4 Å². The average molecular weight is 329 g/mol. The number of hydrogen-bond donors (Lipinski definition) is 1. The fourth-order valence-corrected chi connectivity index (χ4v) is 3.21. The fourth-order valence-electron chi connectivity index (χ4n) is 3.21. The number of carbonyl (C=O) groups is 1. The maximum atomic E-state index is 12.4. The van der Waals surface area contributed by atoms with E-state index in [0.717, 1.165) is 18.8 Å². The first kappa shape index (κ1) is 16.4. The Bertz CT molecular complexity index is 702. The Balaban J connectivity index is 1.67. The lowest BCUT2D eigenvalue weighted by atomic mass is 9.92. The Hall–Kier alpha value is -2.41. The van der Waals surface area contributed by atoms with E-state index in [0.29, 0.717) is 18.7 Å². The summed E-state index contributed by atoms with van der Waals surface area (Å²) in [6, 6.07) is 5.75. The van der Waals surface area contributed by atoms with Crippen molar-refractivity contribution >= 4 is 11.7 Å². The summed E-state index contributed by atoms with van der Waals surface area (Å²) in [4.78, 5) is 24.5. The molecular formula is C17H23N5O2. The number of nitrogens with zero attached hydrogens (tertiary/aromatic N) is 5. The molecule has 1 aliphatic rings. The normalized spacial score (nSPS) is 20.9. The molecule has 0 aromatic carbocycles. The third-order valence-electron chi connectivity index (χ3n) is 4.33. The second-order valence-corrected chi connectivity index (χ2v) is 6.52. The SMILES string of the molecule is CN(C[C@@]1(O)CCCN(c2ccccn2)C1)C(=O)c1cn(C)cn1. The number of likely N-dealkylation sites (N-methyl/N-ethyl adjacent to an activating group) is 1. The molecule has 2 aromatic heterocycles. The molecule has 0 aliphatic carbocycles. The quantitative estimate of drug-likeness (QED) is 0.903. The summed E-state index contributed by atoms with van der Waals surface area (Å²) in [5, 5.41) is 11.0. The molecule has 7 nitrogen and oxygen atoms in total. The summed E-state index contributed by atoms with van der Waals surface area (Å²) >= 11 is 0. The second kappa shape index (κ2) is 6.60. The zero-order chi connectivity index (χ0) is 17.2. The number of aromatic nitrogens is 3. The van der Waals surface area contributed by atoms with Gasteiger partial charge in [-0.2, -0.15) is 0 Å². The van der Waals surface area contributed by atoms with Crippen LogP contribution in [0, 0.1) is 0 Å². The summed E-state index contributed by atoms with van der Waals surface area (Å²) in [5.41, 5.74) is -0.560. The van der Waals surface area contributed by atoms with Crippen molar-refractivity contribution in [2.75, 3.05) is 31.6 Å². The lowest BCUT2D eigenvalue weighted by Crippen LogP contribution is -2.54. The Morgan fingerprint density at radius 3 is 2.92 bits per heavy atom. The van der Waals surface area contributed by atoms with Gasteiger partial charge in [-0.15, -0.1) is 0 Å². The van der Waals surface area contributed by atoms with Crippen LogP contribution in [0.25, 0.3) is 0 Å². The first-order valence-corrected chi connectivity index (χ1v) is 8.09. The Morgan fingerprint density at radius 2 is 2.25 bits per heavy atom.